The van der Waals surface area contributed by atoms with Gasteiger partial charge in [0.25, 0.3) is 0 Å². The van der Waals surface area contributed by atoms with E-state index in [2.05, 4.69) is 20.6 Å². The van der Waals surface area contributed by atoms with Crippen molar-refractivity contribution in [2.45, 2.75) is 52.3 Å². The van der Waals surface area contributed by atoms with E-state index in [0.29, 0.717) is 17.1 Å². The summed E-state index contributed by atoms with van der Waals surface area (Å²) in [5, 5.41) is 5.75. The van der Waals surface area contributed by atoms with Crippen molar-refractivity contribution >= 4 is 23.1 Å². The third kappa shape index (κ3) is 6.35. The molecule has 2 N–H and O–H groups in total. The van der Waals surface area contributed by atoms with Crippen LogP contribution in [0.5, 0.6) is 5.75 Å². The Kier molecular flexibility index (Phi) is 6.62. The fourth-order valence-electron chi connectivity index (χ4n) is 2.95. The minimum absolute atomic E-state index is 0.0463. The van der Waals surface area contributed by atoms with Crippen LogP contribution in [-0.4, -0.2) is 15.6 Å². The van der Waals surface area contributed by atoms with Crippen molar-refractivity contribution in [3.63, 3.8) is 0 Å². The lowest BCUT2D eigenvalue weighted by molar-refractivity contribution is -0.137. The van der Waals surface area contributed by atoms with Crippen LogP contribution in [0, 0.1) is 0 Å². The number of ether oxygens (including phenoxy) is 1. The Morgan fingerprint density at radius 2 is 1.59 bits per heavy atom. The first kappa shape index (κ1) is 23.4. The number of nitrogens with zero attached hydrogens (tertiary/aromatic N) is 2. The maximum Gasteiger partial charge on any atom is 0.421 e. The lowest BCUT2D eigenvalue weighted by Crippen LogP contribution is -2.22. The summed E-state index contributed by atoms with van der Waals surface area (Å²) in [5.41, 5.74) is 0.883. The molecule has 0 aliphatic heterocycles. The van der Waals surface area contributed by atoms with Crippen LogP contribution in [0.4, 0.5) is 36.3 Å². The number of hydrogen-bond donors (Lipinski definition) is 2. The highest BCUT2D eigenvalue weighted by molar-refractivity contribution is 5.63. The molecule has 0 saturated heterocycles. The van der Waals surface area contributed by atoms with Crippen LogP contribution >= 0.6 is 0 Å². The minimum atomic E-state index is -4.59. The third-order valence-corrected chi connectivity index (χ3v) is 4.44. The van der Waals surface area contributed by atoms with Gasteiger partial charge in [-0.05, 0) is 68.7 Å². The van der Waals surface area contributed by atoms with Crippen LogP contribution in [0.2, 0.25) is 0 Å². The number of halogens is 3. The number of benzene rings is 2. The first-order valence-corrected chi connectivity index (χ1v) is 10.3. The first-order chi connectivity index (χ1) is 14.9. The monoisotopic (exact) mass is 444 g/mol. The number of aromatic nitrogens is 2. The van der Waals surface area contributed by atoms with Crippen molar-refractivity contribution in [1.29, 1.82) is 0 Å². The van der Waals surface area contributed by atoms with Crippen LogP contribution in [0.1, 0.15) is 51.7 Å². The zero-order valence-corrected chi connectivity index (χ0v) is 18.7. The number of nitrogens with one attached hydrogen (secondary N) is 2. The standard InChI is InChI=1S/C24H27F3N4O/c1-15(2)16-7-6-8-18(13-16)29-21-20(24(25,26)27)14-28-22(31-21)30-17-9-11-19(12-10-17)32-23(3,4)5/h6-15H,1-5H3,(H2,28,29,30,31). The molecule has 0 fully saturated rings. The minimum Gasteiger partial charge on any atom is -0.488 e. The van der Waals surface area contributed by atoms with E-state index in [4.69, 9.17) is 4.74 Å². The average molecular weight is 445 g/mol. The molecule has 0 bridgehead atoms. The maximum absolute atomic E-state index is 13.5. The molecule has 0 amide bonds. The van der Waals surface area contributed by atoms with E-state index in [9.17, 15) is 13.2 Å². The van der Waals surface area contributed by atoms with Crippen molar-refractivity contribution in [3.8, 4) is 5.75 Å². The Balaban J connectivity index is 1.86. The molecule has 0 saturated carbocycles. The molecule has 0 radical (unpaired) electrons. The van der Waals surface area contributed by atoms with Crippen LogP contribution < -0.4 is 15.4 Å². The van der Waals surface area contributed by atoms with Crippen LogP contribution in [0.25, 0.3) is 0 Å². The Morgan fingerprint density at radius 3 is 2.19 bits per heavy atom. The Bertz CT molecular complexity index is 1060. The van der Waals surface area contributed by atoms with Gasteiger partial charge < -0.3 is 15.4 Å². The number of hydrogen-bond acceptors (Lipinski definition) is 5. The van der Waals surface area contributed by atoms with E-state index in [1.54, 1.807) is 36.4 Å². The van der Waals surface area contributed by atoms with E-state index >= 15 is 0 Å². The van der Waals surface area contributed by atoms with Crippen molar-refractivity contribution in [2.75, 3.05) is 10.6 Å². The van der Waals surface area contributed by atoms with Gasteiger partial charge in [-0.25, -0.2) is 4.98 Å². The molecule has 1 heterocycles. The molecule has 0 atom stereocenters. The van der Waals surface area contributed by atoms with Gasteiger partial charge in [0.05, 0.1) is 0 Å². The van der Waals surface area contributed by atoms with E-state index in [1.807, 2.05) is 46.8 Å². The van der Waals surface area contributed by atoms with Crippen molar-refractivity contribution in [3.05, 3.63) is 65.9 Å². The van der Waals surface area contributed by atoms with Gasteiger partial charge in [0.2, 0.25) is 5.95 Å². The molecular weight excluding hydrogens is 417 g/mol. The Morgan fingerprint density at radius 1 is 0.906 bits per heavy atom. The van der Waals surface area contributed by atoms with Crippen molar-refractivity contribution in [2.24, 2.45) is 0 Å². The van der Waals surface area contributed by atoms with Gasteiger partial charge in [0, 0.05) is 17.6 Å². The molecule has 0 spiro atoms. The second-order valence-electron chi connectivity index (χ2n) is 8.72. The van der Waals surface area contributed by atoms with Gasteiger partial charge in [-0.1, -0.05) is 26.0 Å². The van der Waals surface area contributed by atoms with Gasteiger partial charge in [-0.15, -0.1) is 0 Å². The predicted octanol–water partition coefficient (Wildman–Crippen LogP) is 7.28. The molecule has 2 aromatic carbocycles. The van der Waals surface area contributed by atoms with Gasteiger partial charge in [-0.2, -0.15) is 18.2 Å². The van der Waals surface area contributed by atoms with E-state index < -0.39 is 11.7 Å². The van der Waals surface area contributed by atoms with E-state index in [-0.39, 0.29) is 23.3 Å². The van der Waals surface area contributed by atoms with Crippen molar-refractivity contribution in [1.82, 2.24) is 9.97 Å². The fourth-order valence-corrected chi connectivity index (χ4v) is 2.95. The molecule has 8 heteroatoms. The first-order valence-electron chi connectivity index (χ1n) is 10.3. The van der Waals surface area contributed by atoms with Gasteiger partial charge in [0.15, 0.2) is 0 Å². The summed E-state index contributed by atoms with van der Waals surface area (Å²) in [6.07, 6.45) is -3.82. The maximum atomic E-state index is 13.5. The normalized spacial score (nSPS) is 12.0. The summed E-state index contributed by atoms with van der Waals surface area (Å²) in [6.45, 7) is 9.87. The van der Waals surface area contributed by atoms with E-state index in [1.165, 1.54) is 0 Å². The summed E-state index contributed by atoms with van der Waals surface area (Å²) in [5.74, 6) is 0.657. The molecule has 0 aliphatic rings. The van der Waals surface area contributed by atoms with Crippen molar-refractivity contribution < 1.29 is 17.9 Å². The largest absolute Gasteiger partial charge is 0.488 e. The second-order valence-corrected chi connectivity index (χ2v) is 8.72. The van der Waals surface area contributed by atoms with Crippen LogP contribution in [0.3, 0.4) is 0 Å². The molecule has 3 aromatic rings. The van der Waals surface area contributed by atoms with Gasteiger partial charge in [-0.3, -0.25) is 0 Å². The highest BCUT2D eigenvalue weighted by atomic mass is 19.4. The lowest BCUT2D eigenvalue weighted by Gasteiger charge is -2.21. The average Bonchev–Trinajstić information content (AvgIpc) is 2.68. The zero-order chi connectivity index (χ0) is 23.5. The summed E-state index contributed by atoms with van der Waals surface area (Å²) in [6, 6.07) is 14.3. The fraction of sp³-hybridized carbons (Fsp3) is 0.333. The summed E-state index contributed by atoms with van der Waals surface area (Å²) in [7, 11) is 0. The quantitative estimate of drug-likeness (QED) is 0.418. The Hall–Kier alpha value is -3.29. The topological polar surface area (TPSA) is 59.1 Å². The van der Waals surface area contributed by atoms with E-state index in [0.717, 1.165) is 11.8 Å². The third-order valence-electron chi connectivity index (χ3n) is 4.44. The molecule has 5 nitrogen and oxygen atoms in total. The molecule has 170 valence electrons. The lowest BCUT2D eigenvalue weighted by atomic mass is 10.0. The Labute approximate surface area is 186 Å². The molecule has 0 unspecified atom stereocenters. The predicted molar refractivity (Wildman–Crippen MR) is 121 cm³/mol. The van der Waals surface area contributed by atoms with Crippen LogP contribution in [0.15, 0.2) is 54.7 Å². The summed E-state index contributed by atoms with van der Waals surface area (Å²) in [4.78, 5) is 7.96. The molecule has 1 aromatic heterocycles. The number of rotatable bonds is 6. The number of anilines is 4. The van der Waals surface area contributed by atoms with Gasteiger partial charge >= 0.3 is 6.18 Å². The highest BCUT2D eigenvalue weighted by Gasteiger charge is 2.35. The summed E-state index contributed by atoms with van der Waals surface area (Å²) < 4.78 is 46.4. The zero-order valence-electron chi connectivity index (χ0n) is 18.7. The molecule has 0 aliphatic carbocycles. The summed E-state index contributed by atoms with van der Waals surface area (Å²) >= 11 is 0. The van der Waals surface area contributed by atoms with Crippen LogP contribution in [-0.2, 0) is 6.18 Å². The van der Waals surface area contributed by atoms with Gasteiger partial charge in [0.1, 0.15) is 22.7 Å². The highest BCUT2D eigenvalue weighted by Crippen LogP contribution is 2.35. The smallest absolute Gasteiger partial charge is 0.421 e. The molecule has 32 heavy (non-hydrogen) atoms. The molecular formula is C24H27F3N4O. The number of alkyl halides is 3. The second kappa shape index (κ2) is 9.06. The molecule has 3 rings (SSSR count). The SMILES string of the molecule is CC(C)c1cccc(Nc2nc(Nc3ccc(OC(C)(C)C)cc3)ncc2C(F)(F)F)c1.